The summed E-state index contributed by atoms with van der Waals surface area (Å²) in [7, 11) is 1.64. The van der Waals surface area contributed by atoms with Gasteiger partial charge in [-0.3, -0.25) is 10.1 Å². The molecule has 1 aromatic carbocycles. The molecule has 0 aliphatic carbocycles. The van der Waals surface area contributed by atoms with Crippen LogP contribution in [0.2, 0.25) is 0 Å². The third-order valence-corrected chi connectivity index (χ3v) is 4.74. The van der Waals surface area contributed by atoms with Gasteiger partial charge in [-0.15, -0.1) is 16.4 Å². The lowest BCUT2D eigenvalue weighted by atomic mass is 10.2. The van der Waals surface area contributed by atoms with E-state index in [0.717, 1.165) is 34.8 Å². The van der Waals surface area contributed by atoms with Gasteiger partial charge in [0.1, 0.15) is 11.9 Å². The van der Waals surface area contributed by atoms with Crippen molar-refractivity contribution in [1.82, 2.24) is 14.6 Å². The van der Waals surface area contributed by atoms with Crippen LogP contribution in [0.15, 0.2) is 29.6 Å². The van der Waals surface area contributed by atoms with Gasteiger partial charge in [0.05, 0.1) is 12.8 Å². The Balaban J connectivity index is 1.59. The zero-order valence-electron chi connectivity index (χ0n) is 13.1. The molecule has 0 radical (unpaired) electrons. The molecule has 1 amide bonds. The van der Waals surface area contributed by atoms with Gasteiger partial charge >= 0.3 is 0 Å². The Kier molecular flexibility index (Phi) is 3.91. The van der Waals surface area contributed by atoms with Crippen molar-refractivity contribution in [2.75, 3.05) is 19.0 Å². The van der Waals surface area contributed by atoms with E-state index < -0.39 is 6.10 Å². The molecule has 1 saturated heterocycles. The van der Waals surface area contributed by atoms with Crippen molar-refractivity contribution in [2.45, 2.75) is 18.9 Å². The summed E-state index contributed by atoms with van der Waals surface area (Å²) >= 11 is 1.47. The fourth-order valence-electron chi connectivity index (χ4n) is 2.67. The summed E-state index contributed by atoms with van der Waals surface area (Å²) in [5.41, 5.74) is 1.92. The number of ether oxygens (including phenoxy) is 2. The molecule has 1 unspecified atom stereocenters. The third kappa shape index (κ3) is 2.74. The predicted molar refractivity (Wildman–Crippen MR) is 90.5 cm³/mol. The zero-order valence-corrected chi connectivity index (χ0v) is 13.9. The van der Waals surface area contributed by atoms with E-state index in [0.29, 0.717) is 12.6 Å². The van der Waals surface area contributed by atoms with Crippen LogP contribution in [0.4, 0.5) is 5.95 Å². The second-order valence-corrected chi connectivity index (χ2v) is 6.31. The predicted octanol–water partition coefficient (Wildman–Crippen LogP) is 2.58. The fourth-order valence-corrected chi connectivity index (χ4v) is 3.50. The molecule has 1 N–H and O–H groups in total. The van der Waals surface area contributed by atoms with Crippen molar-refractivity contribution >= 4 is 28.2 Å². The Labute approximate surface area is 142 Å². The molecule has 24 heavy (non-hydrogen) atoms. The number of anilines is 1. The minimum Gasteiger partial charge on any atom is -0.497 e. The Morgan fingerprint density at radius 1 is 1.42 bits per heavy atom. The number of carbonyl (C=O) groups excluding carboxylic acids is 1. The summed E-state index contributed by atoms with van der Waals surface area (Å²) in [6, 6.07) is 7.73. The molecule has 1 fully saturated rings. The number of hydrogen-bond donors (Lipinski definition) is 1. The maximum Gasteiger partial charge on any atom is 0.255 e. The number of benzene rings is 1. The van der Waals surface area contributed by atoms with Crippen LogP contribution in [0.25, 0.3) is 16.2 Å². The molecule has 1 aliphatic heterocycles. The number of rotatable bonds is 4. The summed E-state index contributed by atoms with van der Waals surface area (Å²) < 4.78 is 12.3. The average Bonchev–Trinajstić information content (AvgIpc) is 3.31. The standard InChI is InChI=1S/C16H16N4O3S/c1-22-11-6-4-10(5-7-11)12-9-24-16-18-15(19-20(12)16)17-14(21)13-3-2-8-23-13/h4-7,9,13H,2-3,8H2,1H3,(H,17,19,21). The van der Waals surface area contributed by atoms with Crippen LogP contribution < -0.4 is 10.1 Å². The smallest absolute Gasteiger partial charge is 0.255 e. The van der Waals surface area contributed by atoms with Crippen molar-refractivity contribution < 1.29 is 14.3 Å². The topological polar surface area (TPSA) is 77.8 Å². The molecular weight excluding hydrogens is 328 g/mol. The quantitative estimate of drug-likeness (QED) is 0.787. The highest BCUT2D eigenvalue weighted by atomic mass is 32.1. The number of nitrogens with one attached hydrogen (secondary N) is 1. The zero-order chi connectivity index (χ0) is 16.5. The number of fused-ring (bicyclic) bond motifs is 1. The largest absolute Gasteiger partial charge is 0.497 e. The highest BCUT2D eigenvalue weighted by Gasteiger charge is 2.25. The van der Waals surface area contributed by atoms with E-state index in [1.54, 1.807) is 11.6 Å². The number of nitrogens with zero attached hydrogens (tertiary/aromatic N) is 3. The Morgan fingerprint density at radius 2 is 2.25 bits per heavy atom. The molecule has 7 nitrogen and oxygen atoms in total. The molecule has 4 rings (SSSR count). The monoisotopic (exact) mass is 344 g/mol. The van der Waals surface area contributed by atoms with Gasteiger partial charge in [-0.2, -0.15) is 4.98 Å². The van der Waals surface area contributed by atoms with Crippen molar-refractivity contribution in [3.63, 3.8) is 0 Å². The number of thiazole rings is 1. The first-order valence-electron chi connectivity index (χ1n) is 7.66. The average molecular weight is 344 g/mol. The number of hydrogen-bond acceptors (Lipinski definition) is 6. The van der Waals surface area contributed by atoms with E-state index in [1.807, 2.05) is 29.6 Å². The molecule has 1 atom stereocenters. The van der Waals surface area contributed by atoms with Gasteiger partial charge in [0.2, 0.25) is 4.96 Å². The summed E-state index contributed by atoms with van der Waals surface area (Å²) in [6.07, 6.45) is 1.25. The van der Waals surface area contributed by atoms with Gasteiger partial charge in [0, 0.05) is 17.6 Å². The molecule has 2 aromatic heterocycles. The van der Waals surface area contributed by atoms with E-state index in [4.69, 9.17) is 9.47 Å². The van der Waals surface area contributed by atoms with Crippen LogP contribution in [0, 0.1) is 0 Å². The van der Waals surface area contributed by atoms with Gasteiger partial charge in [0.15, 0.2) is 0 Å². The Bertz CT molecular complexity index is 865. The fraction of sp³-hybridized carbons (Fsp3) is 0.312. The van der Waals surface area contributed by atoms with Crippen LogP contribution in [-0.4, -0.2) is 40.3 Å². The maximum absolute atomic E-state index is 12.1. The first-order chi connectivity index (χ1) is 11.7. The SMILES string of the molecule is COc1ccc(-c2csc3nc(NC(=O)C4CCCO4)nn23)cc1. The van der Waals surface area contributed by atoms with E-state index in [2.05, 4.69) is 15.4 Å². The summed E-state index contributed by atoms with van der Waals surface area (Å²) in [6.45, 7) is 0.630. The van der Waals surface area contributed by atoms with Crippen molar-refractivity contribution in [1.29, 1.82) is 0 Å². The lowest BCUT2D eigenvalue weighted by Gasteiger charge is -2.07. The normalized spacial score (nSPS) is 17.3. The number of methoxy groups -OCH3 is 1. The van der Waals surface area contributed by atoms with Crippen molar-refractivity contribution in [2.24, 2.45) is 0 Å². The molecule has 3 aromatic rings. The second-order valence-electron chi connectivity index (χ2n) is 5.47. The van der Waals surface area contributed by atoms with Gasteiger partial charge in [0.25, 0.3) is 11.9 Å². The maximum atomic E-state index is 12.1. The molecular formula is C16H16N4O3S. The minimum atomic E-state index is -0.396. The van der Waals surface area contributed by atoms with E-state index in [9.17, 15) is 4.79 Å². The number of amides is 1. The lowest BCUT2D eigenvalue weighted by Crippen LogP contribution is -2.27. The third-order valence-electron chi connectivity index (χ3n) is 3.92. The number of aromatic nitrogens is 3. The number of carbonyl (C=O) groups is 1. The second kappa shape index (κ2) is 6.21. The molecule has 3 heterocycles. The van der Waals surface area contributed by atoms with E-state index in [-0.39, 0.29) is 5.91 Å². The first-order valence-corrected chi connectivity index (χ1v) is 8.54. The van der Waals surface area contributed by atoms with Gasteiger partial charge in [-0.1, -0.05) is 0 Å². The van der Waals surface area contributed by atoms with Gasteiger partial charge in [-0.25, -0.2) is 4.52 Å². The van der Waals surface area contributed by atoms with Crippen LogP contribution in [0.1, 0.15) is 12.8 Å². The lowest BCUT2D eigenvalue weighted by molar-refractivity contribution is -0.124. The van der Waals surface area contributed by atoms with Crippen molar-refractivity contribution in [3.8, 4) is 17.0 Å². The van der Waals surface area contributed by atoms with Crippen LogP contribution >= 0.6 is 11.3 Å². The van der Waals surface area contributed by atoms with Crippen LogP contribution in [0.3, 0.4) is 0 Å². The molecule has 0 bridgehead atoms. The molecule has 1 aliphatic rings. The van der Waals surface area contributed by atoms with E-state index in [1.165, 1.54) is 11.3 Å². The summed E-state index contributed by atoms with van der Waals surface area (Å²) in [4.78, 5) is 17.2. The molecule has 0 spiro atoms. The summed E-state index contributed by atoms with van der Waals surface area (Å²) in [5.74, 6) is 0.919. The van der Waals surface area contributed by atoms with Crippen LogP contribution in [-0.2, 0) is 9.53 Å². The molecule has 0 saturated carbocycles. The van der Waals surface area contributed by atoms with Crippen molar-refractivity contribution in [3.05, 3.63) is 29.6 Å². The van der Waals surface area contributed by atoms with E-state index >= 15 is 0 Å². The molecule has 8 heteroatoms. The summed E-state index contributed by atoms with van der Waals surface area (Å²) in [5, 5.41) is 9.13. The van der Waals surface area contributed by atoms with Gasteiger partial charge < -0.3 is 9.47 Å². The first kappa shape index (κ1) is 15.1. The van der Waals surface area contributed by atoms with Gasteiger partial charge in [-0.05, 0) is 37.1 Å². The van der Waals surface area contributed by atoms with Crippen LogP contribution in [0.5, 0.6) is 5.75 Å². The highest BCUT2D eigenvalue weighted by molar-refractivity contribution is 7.15. The Hall–Kier alpha value is -2.45. The molecule has 124 valence electrons. The Morgan fingerprint density at radius 3 is 2.96 bits per heavy atom. The minimum absolute atomic E-state index is 0.184. The highest BCUT2D eigenvalue weighted by Crippen LogP contribution is 2.27.